The van der Waals surface area contributed by atoms with Gasteiger partial charge in [0.1, 0.15) is 0 Å². The third-order valence-corrected chi connectivity index (χ3v) is 12.8. The van der Waals surface area contributed by atoms with Crippen LogP contribution in [-0.4, -0.2) is 9.97 Å². The van der Waals surface area contributed by atoms with Crippen LogP contribution in [0.4, 0.5) is 0 Å². The molecule has 248 valence electrons. The minimum Gasteiger partial charge on any atom is -0.228 e. The zero-order valence-corrected chi connectivity index (χ0v) is 29.0. The molecule has 1 heterocycles. The van der Waals surface area contributed by atoms with Gasteiger partial charge in [0.2, 0.25) is 0 Å². The van der Waals surface area contributed by atoms with Crippen LogP contribution < -0.4 is 0 Å². The summed E-state index contributed by atoms with van der Waals surface area (Å²) in [5, 5.41) is 2.76. The average molecular weight is 675 g/mol. The molecule has 1 saturated carbocycles. The van der Waals surface area contributed by atoms with Gasteiger partial charge in [0, 0.05) is 22.1 Å². The van der Waals surface area contributed by atoms with Gasteiger partial charge in [-0.2, -0.15) is 0 Å². The highest BCUT2D eigenvalue weighted by Crippen LogP contribution is 2.69. The smallest absolute Gasteiger partial charge is 0.160 e. The van der Waals surface area contributed by atoms with Gasteiger partial charge in [0.05, 0.1) is 11.4 Å². The monoisotopic (exact) mass is 674 g/mol. The lowest BCUT2D eigenvalue weighted by atomic mass is 9.62. The molecule has 1 fully saturated rings. The Kier molecular flexibility index (Phi) is 5.97. The Bertz CT molecular complexity index is 2750. The van der Waals surface area contributed by atoms with Crippen LogP contribution in [0, 0.1) is 23.7 Å². The summed E-state index contributed by atoms with van der Waals surface area (Å²) < 4.78 is 0. The van der Waals surface area contributed by atoms with Crippen molar-refractivity contribution >= 4 is 16.3 Å². The lowest BCUT2D eigenvalue weighted by Gasteiger charge is -2.39. The van der Waals surface area contributed by atoms with Crippen LogP contribution in [-0.2, 0) is 5.41 Å². The number of aromatic nitrogens is 2. The van der Waals surface area contributed by atoms with Gasteiger partial charge in [0.25, 0.3) is 0 Å². The summed E-state index contributed by atoms with van der Waals surface area (Å²) in [5.41, 5.74) is 16.0. The van der Waals surface area contributed by atoms with Gasteiger partial charge in [-0.15, -0.1) is 0 Å². The fraction of sp³-hybridized carbons (Fsp3) is 0.0980. The van der Waals surface area contributed by atoms with E-state index in [-0.39, 0.29) is 11.3 Å². The second kappa shape index (κ2) is 10.8. The molecule has 2 nitrogen and oxygen atoms in total. The quantitative estimate of drug-likeness (QED) is 0.186. The van der Waals surface area contributed by atoms with Crippen LogP contribution in [0.2, 0.25) is 0 Å². The third-order valence-electron chi connectivity index (χ3n) is 12.8. The molecule has 5 unspecified atom stereocenters. The molecule has 1 aromatic heterocycles. The number of allylic oxidation sites excluding steroid dienone is 8. The van der Waals surface area contributed by atoms with Gasteiger partial charge >= 0.3 is 0 Å². The van der Waals surface area contributed by atoms with Crippen LogP contribution in [0.3, 0.4) is 0 Å². The van der Waals surface area contributed by atoms with Crippen molar-refractivity contribution in [1.29, 1.82) is 0 Å². The molecule has 0 amide bonds. The Morgan fingerprint density at radius 1 is 0.472 bits per heavy atom. The highest BCUT2D eigenvalue weighted by Gasteiger charge is 2.63. The molecule has 0 bridgehead atoms. The molecule has 5 aliphatic rings. The van der Waals surface area contributed by atoms with Crippen molar-refractivity contribution < 1.29 is 0 Å². The van der Waals surface area contributed by atoms with E-state index in [9.17, 15) is 0 Å². The summed E-state index contributed by atoms with van der Waals surface area (Å²) in [7, 11) is 0. The first kappa shape index (κ1) is 29.2. The summed E-state index contributed by atoms with van der Waals surface area (Å²) in [6, 6.07) is 51.0. The van der Waals surface area contributed by atoms with Crippen molar-refractivity contribution in [2.24, 2.45) is 23.7 Å². The minimum atomic E-state index is -0.268. The Morgan fingerprint density at radius 2 is 1.09 bits per heavy atom. The van der Waals surface area contributed by atoms with Crippen molar-refractivity contribution in [2.45, 2.75) is 5.41 Å². The first-order valence-corrected chi connectivity index (χ1v) is 18.8. The van der Waals surface area contributed by atoms with Crippen LogP contribution in [0.25, 0.3) is 72.2 Å². The summed E-state index contributed by atoms with van der Waals surface area (Å²) in [6.45, 7) is 0. The second-order valence-corrected chi connectivity index (χ2v) is 15.2. The predicted octanol–water partition coefficient (Wildman–Crippen LogP) is 12.1. The molecule has 5 atom stereocenters. The van der Waals surface area contributed by atoms with Crippen molar-refractivity contribution in [3.05, 3.63) is 199 Å². The fourth-order valence-electron chi connectivity index (χ4n) is 10.8. The number of fused-ring (bicyclic) bond motifs is 14. The van der Waals surface area contributed by atoms with Crippen molar-refractivity contribution in [1.82, 2.24) is 9.97 Å². The van der Waals surface area contributed by atoms with Crippen LogP contribution >= 0.6 is 0 Å². The van der Waals surface area contributed by atoms with E-state index in [0.29, 0.717) is 17.8 Å². The number of rotatable bonds is 3. The summed E-state index contributed by atoms with van der Waals surface area (Å²) in [5.74, 6) is 1.97. The third kappa shape index (κ3) is 3.88. The molecule has 0 N–H and O–H groups in total. The Labute approximate surface area is 309 Å². The molecule has 7 aromatic rings. The number of hydrogen-bond donors (Lipinski definition) is 0. The summed E-state index contributed by atoms with van der Waals surface area (Å²) in [4.78, 5) is 10.6. The number of benzene rings is 6. The van der Waals surface area contributed by atoms with Gasteiger partial charge in [-0.3, -0.25) is 0 Å². The van der Waals surface area contributed by atoms with E-state index in [1.807, 2.05) is 0 Å². The molecule has 6 aromatic carbocycles. The van der Waals surface area contributed by atoms with Gasteiger partial charge in [0.15, 0.2) is 5.82 Å². The Hall–Kier alpha value is -6.38. The van der Waals surface area contributed by atoms with E-state index in [2.05, 4.69) is 182 Å². The minimum absolute atomic E-state index is 0.195. The van der Waals surface area contributed by atoms with Gasteiger partial charge in [-0.1, -0.05) is 170 Å². The topological polar surface area (TPSA) is 25.8 Å². The van der Waals surface area contributed by atoms with E-state index < -0.39 is 0 Å². The maximum Gasteiger partial charge on any atom is 0.160 e. The SMILES string of the molecule is C1=CC2C3C=CC(c4nc(-c5ccccc5)cc(-c5ccccc5)n4)=CC3C3(c4ccccc4-c4c3cc3c5c(cccc45)-c4ccccc4-3)C2C=C1. The second-order valence-electron chi connectivity index (χ2n) is 15.2. The first-order chi connectivity index (χ1) is 26.3. The van der Waals surface area contributed by atoms with E-state index >= 15 is 0 Å². The van der Waals surface area contributed by atoms with Crippen molar-refractivity contribution in [3.8, 4) is 55.9 Å². The number of nitrogens with zero attached hydrogens (tertiary/aromatic N) is 2. The molecule has 53 heavy (non-hydrogen) atoms. The summed E-state index contributed by atoms with van der Waals surface area (Å²) >= 11 is 0. The molecule has 12 rings (SSSR count). The van der Waals surface area contributed by atoms with Crippen molar-refractivity contribution in [2.75, 3.05) is 0 Å². The Balaban J connectivity index is 1.13. The van der Waals surface area contributed by atoms with Crippen molar-refractivity contribution in [3.63, 3.8) is 0 Å². The molecule has 0 radical (unpaired) electrons. The molecule has 1 spiro atoms. The highest BCUT2D eigenvalue weighted by molar-refractivity contribution is 6.20. The molecular formula is C51H34N2. The molecule has 0 saturated heterocycles. The zero-order valence-electron chi connectivity index (χ0n) is 29.0. The average Bonchev–Trinajstić information content (AvgIpc) is 3.84. The van der Waals surface area contributed by atoms with Gasteiger partial charge in [-0.25, -0.2) is 9.97 Å². The lowest BCUT2D eigenvalue weighted by Crippen LogP contribution is -2.37. The van der Waals surface area contributed by atoms with Gasteiger partial charge < -0.3 is 0 Å². The van der Waals surface area contributed by atoms with E-state index in [1.165, 1.54) is 55.3 Å². The standard InChI is InChI=1S/C51H34N2/c1-3-14-31(15-4-1)46-30-47(32-16-5-2-6-17-32)53-50(52-46)33-26-27-37-36-20-9-11-24-42(36)51(44(37)28-33)43-25-12-10-21-39(43)49-40-23-13-22-38-34-18-7-8-19-35(34)41(48(38)40)29-45(49)51/h1-30,36-37,42,44H. The zero-order chi connectivity index (χ0) is 34.7. The maximum atomic E-state index is 5.30. The fourth-order valence-corrected chi connectivity index (χ4v) is 10.8. The predicted molar refractivity (Wildman–Crippen MR) is 217 cm³/mol. The van der Waals surface area contributed by atoms with Crippen LogP contribution in [0.5, 0.6) is 0 Å². The summed E-state index contributed by atoms with van der Waals surface area (Å²) in [6.07, 6.45) is 16.9. The largest absolute Gasteiger partial charge is 0.228 e. The molecule has 5 aliphatic carbocycles. The van der Waals surface area contributed by atoms with Crippen LogP contribution in [0.15, 0.2) is 182 Å². The molecular weight excluding hydrogens is 641 g/mol. The normalized spacial score (nSPS) is 23.4. The number of hydrogen-bond acceptors (Lipinski definition) is 2. The molecule has 2 heteroatoms. The van der Waals surface area contributed by atoms with E-state index in [4.69, 9.17) is 9.97 Å². The Morgan fingerprint density at radius 3 is 1.85 bits per heavy atom. The van der Waals surface area contributed by atoms with E-state index in [0.717, 1.165) is 33.9 Å². The first-order valence-electron chi connectivity index (χ1n) is 18.8. The lowest BCUT2D eigenvalue weighted by molar-refractivity contribution is 0.372. The molecule has 0 aliphatic heterocycles. The van der Waals surface area contributed by atoms with Gasteiger partial charge in [-0.05, 0) is 91.1 Å². The highest BCUT2D eigenvalue weighted by atomic mass is 14.9. The van der Waals surface area contributed by atoms with E-state index in [1.54, 1.807) is 0 Å². The maximum absolute atomic E-state index is 5.30. The van der Waals surface area contributed by atoms with Crippen LogP contribution in [0.1, 0.15) is 17.0 Å².